The average Bonchev–Trinajstić information content (AvgIpc) is 2.88. The Bertz CT molecular complexity index is 589. The van der Waals surface area contributed by atoms with Crippen LogP contribution in [0.25, 0.3) is 10.2 Å². The largest absolute Gasteiger partial charge is 0.353 e. The molecule has 2 N–H and O–H groups in total. The van der Waals surface area contributed by atoms with E-state index in [9.17, 15) is 0 Å². The molecular weight excluding hydrogens is 282 g/mol. The van der Waals surface area contributed by atoms with Gasteiger partial charge in [0.2, 0.25) is 0 Å². The molecular formula is C15H23N5S. The topological polar surface area (TPSA) is 58.3 Å². The minimum absolute atomic E-state index is 0.802. The zero-order chi connectivity index (χ0) is 14.7. The Kier molecular flexibility index (Phi) is 4.67. The predicted molar refractivity (Wildman–Crippen MR) is 89.1 cm³/mol. The van der Waals surface area contributed by atoms with Crippen molar-refractivity contribution < 1.29 is 0 Å². The van der Waals surface area contributed by atoms with Crippen LogP contribution >= 0.6 is 11.3 Å². The number of rotatable bonds is 5. The van der Waals surface area contributed by atoms with E-state index in [4.69, 9.17) is 5.73 Å². The maximum Gasteiger partial charge on any atom is 0.140 e. The molecule has 3 heterocycles. The summed E-state index contributed by atoms with van der Waals surface area (Å²) in [6.45, 7) is 8.41. The highest BCUT2D eigenvalue weighted by Gasteiger charge is 2.20. The Hall–Kier alpha value is -1.24. The lowest BCUT2D eigenvalue weighted by molar-refractivity contribution is 0.253. The molecule has 0 saturated carbocycles. The summed E-state index contributed by atoms with van der Waals surface area (Å²) in [5.41, 5.74) is 5.56. The molecule has 5 nitrogen and oxygen atoms in total. The first-order valence-corrected chi connectivity index (χ1v) is 8.48. The van der Waals surface area contributed by atoms with Crippen molar-refractivity contribution in [3.05, 3.63) is 17.3 Å². The second-order valence-corrected chi connectivity index (χ2v) is 6.83. The zero-order valence-electron chi connectivity index (χ0n) is 12.6. The molecule has 2 aromatic rings. The molecule has 0 unspecified atom stereocenters. The highest BCUT2D eigenvalue weighted by molar-refractivity contribution is 7.18. The van der Waals surface area contributed by atoms with Crippen LogP contribution in [0.15, 0.2) is 12.4 Å². The summed E-state index contributed by atoms with van der Waals surface area (Å²) in [4.78, 5) is 16.2. The Labute approximate surface area is 129 Å². The molecule has 114 valence electrons. The van der Waals surface area contributed by atoms with Crippen LogP contribution in [-0.2, 0) is 0 Å². The number of hydrogen-bond acceptors (Lipinski definition) is 6. The van der Waals surface area contributed by atoms with Crippen LogP contribution in [0.4, 0.5) is 5.82 Å². The fourth-order valence-electron chi connectivity index (χ4n) is 2.88. The highest BCUT2D eigenvalue weighted by atomic mass is 32.1. The number of nitrogens with two attached hydrogens (primary N) is 1. The Morgan fingerprint density at radius 3 is 2.76 bits per heavy atom. The summed E-state index contributed by atoms with van der Waals surface area (Å²) in [5.74, 6) is 1.10. The van der Waals surface area contributed by atoms with Crippen LogP contribution in [0.5, 0.6) is 0 Å². The van der Waals surface area contributed by atoms with E-state index in [1.165, 1.54) is 23.2 Å². The van der Waals surface area contributed by atoms with E-state index < -0.39 is 0 Å². The Morgan fingerprint density at radius 2 is 2.00 bits per heavy atom. The summed E-state index contributed by atoms with van der Waals surface area (Å²) in [5, 5.41) is 1.21. The molecule has 6 heteroatoms. The third-order valence-corrected chi connectivity index (χ3v) is 4.99. The maximum absolute atomic E-state index is 5.56. The minimum atomic E-state index is 0.802. The number of anilines is 1. The zero-order valence-corrected chi connectivity index (χ0v) is 13.4. The number of fused-ring (bicyclic) bond motifs is 1. The van der Waals surface area contributed by atoms with Crippen molar-refractivity contribution in [3.8, 4) is 0 Å². The first-order valence-electron chi connectivity index (χ1n) is 7.66. The summed E-state index contributed by atoms with van der Waals surface area (Å²) >= 11 is 1.74. The van der Waals surface area contributed by atoms with Gasteiger partial charge in [0.05, 0.1) is 5.39 Å². The van der Waals surface area contributed by atoms with E-state index in [0.29, 0.717) is 0 Å². The second-order valence-electron chi connectivity index (χ2n) is 5.60. The van der Waals surface area contributed by atoms with E-state index in [0.717, 1.165) is 49.8 Å². The SMILES string of the molecule is Cc1cc2c(N3CCN(CCCCN)CC3)ncnc2s1. The molecule has 0 spiro atoms. The monoisotopic (exact) mass is 305 g/mol. The lowest BCUT2D eigenvalue weighted by atomic mass is 10.2. The third-order valence-electron chi connectivity index (χ3n) is 4.03. The fourth-order valence-corrected chi connectivity index (χ4v) is 3.72. The minimum Gasteiger partial charge on any atom is -0.353 e. The van der Waals surface area contributed by atoms with Gasteiger partial charge in [0.1, 0.15) is 17.0 Å². The average molecular weight is 305 g/mol. The van der Waals surface area contributed by atoms with Crippen molar-refractivity contribution in [1.82, 2.24) is 14.9 Å². The van der Waals surface area contributed by atoms with Gasteiger partial charge in [0.25, 0.3) is 0 Å². The van der Waals surface area contributed by atoms with Crippen molar-refractivity contribution in [2.45, 2.75) is 19.8 Å². The standard InChI is InChI=1S/C15H23N5S/c1-12-10-13-14(17-11-18-15(13)21-12)20-8-6-19(7-9-20)5-3-2-4-16/h10-11H,2-9,16H2,1H3. The summed E-state index contributed by atoms with van der Waals surface area (Å²) in [7, 11) is 0. The smallest absolute Gasteiger partial charge is 0.140 e. The Morgan fingerprint density at radius 1 is 1.19 bits per heavy atom. The van der Waals surface area contributed by atoms with E-state index in [-0.39, 0.29) is 0 Å². The normalized spacial score (nSPS) is 16.8. The number of nitrogens with zero attached hydrogens (tertiary/aromatic N) is 4. The fraction of sp³-hybridized carbons (Fsp3) is 0.600. The number of unbranched alkanes of at least 4 members (excludes halogenated alkanes) is 1. The van der Waals surface area contributed by atoms with Crippen molar-refractivity contribution in [3.63, 3.8) is 0 Å². The van der Waals surface area contributed by atoms with E-state index in [2.05, 4.69) is 32.8 Å². The van der Waals surface area contributed by atoms with Gasteiger partial charge in [-0.2, -0.15) is 0 Å². The highest BCUT2D eigenvalue weighted by Crippen LogP contribution is 2.30. The number of aryl methyl sites for hydroxylation is 1. The molecule has 2 aromatic heterocycles. The van der Waals surface area contributed by atoms with Crippen molar-refractivity contribution in [1.29, 1.82) is 0 Å². The van der Waals surface area contributed by atoms with Crippen LogP contribution in [0.2, 0.25) is 0 Å². The van der Waals surface area contributed by atoms with Crippen LogP contribution in [0.3, 0.4) is 0 Å². The molecule has 21 heavy (non-hydrogen) atoms. The predicted octanol–water partition coefficient (Wildman–Crippen LogP) is 1.86. The van der Waals surface area contributed by atoms with Gasteiger partial charge < -0.3 is 10.6 Å². The van der Waals surface area contributed by atoms with Gasteiger partial charge in [-0.25, -0.2) is 9.97 Å². The molecule has 3 rings (SSSR count). The number of hydrogen-bond donors (Lipinski definition) is 1. The number of piperazine rings is 1. The van der Waals surface area contributed by atoms with Gasteiger partial charge in [0, 0.05) is 31.1 Å². The van der Waals surface area contributed by atoms with Gasteiger partial charge in [0.15, 0.2) is 0 Å². The van der Waals surface area contributed by atoms with Gasteiger partial charge in [-0.1, -0.05) is 0 Å². The molecule has 0 bridgehead atoms. The number of thiophene rings is 1. The van der Waals surface area contributed by atoms with E-state index >= 15 is 0 Å². The second kappa shape index (κ2) is 6.68. The van der Waals surface area contributed by atoms with Gasteiger partial charge in [-0.3, -0.25) is 4.90 Å². The third kappa shape index (κ3) is 3.33. The first-order chi connectivity index (χ1) is 10.3. The van der Waals surface area contributed by atoms with Crippen molar-refractivity contribution in [2.24, 2.45) is 5.73 Å². The molecule has 0 radical (unpaired) electrons. The molecule has 0 amide bonds. The van der Waals surface area contributed by atoms with Crippen molar-refractivity contribution >= 4 is 27.4 Å². The van der Waals surface area contributed by atoms with Crippen LogP contribution < -0.4 is 10.6 Å². The van der Waals surface area contributed by atoms with Crippen LogP contribution in [-0.4, -0.2) is 54.1 Å². The molecule has 1 aliphatic rings. The number of aromatic nitrogens is 2. The Balaban J connectivity index is 1.65. The molecule has 1 saturated heterocycles. The first kappa shape index (κ1) is 14.7. The lowest BCUT2D eigenvalue weighted by Crippen LogP contribution is -2.47. The van der Waals surface area contributed by atoms with E-state index in [1.54, 1.807) is 17.7 Å². The summed E-state index contributed by atoms with van der Waals surface area (Å²) in [6, 6.07) is 2.21. The van der Waals surface area contributed by atoms with Gasteiger partial charge in [-0.15, -0.1) is 11.3 Å². The quantitative estimate of drug-likeness (QED) is 0.855. The van der Waals surface area contributed by atoms with Gasteiger partial charge in [-0.05, 0) is 38.9 Å². The van der Waals surface area contributed by atoms with Crippen molar-refractivity contribution in [2.75, 3.05) is 44.2 Å². The summed E-state index contributed by atoms with van der Waals surface area (Å²) in [6.07, 6.45) is 4.03. The van der Waals surface area contributed by atoms with E-state index in [1.807, 2.05) is 0 Å². The molecule has 1 aliphatic heterocycles. The molecule has 0 aliphatic carbocycles. The molecule has 0 aromatic carbocycles. The molecule has 1 fully saturated rings. The lowest BCUT2D eigenvalue weighted by Gasteiger charge is -2.35. The van der Waals surface area contributed by atoms with Crippen LogP contribution in [0.1, 0.15) is 17.7 Å². The molecule has 0 atom stereocenters. The maximum atomic E-state index is 5.56. The summed E-state index contributed by atoms with van der Waals surface area (Å²) < 4.78 is 0. The van der Waals surface area contributed by atoms with Gasteiger partial charge >= 0.3 is 0 Å². The van der Waals surface area contributed by atoms with Crippen LogP contribution in [0, 0.1) is 6.92 Å².